The molecular formula is C27H44O2. The van der Waals surface area contributed by atoms with Crippen LogP contribution in [0.5, 0.6) is 5.75 Å². The standard InChI is InChI=1S/C27H44O2/c1-2-3-4-5-6-7-8-9-10-11-12-13-14-15-16-17-19-25-20-18-21-26(22-25)28-23-27-24-29-27/h12-13,18,20-22,27H,2-11,14-17,19,23-24H2,1H3/b13-12+. The van der Waals surface area contributed by atoms with Gasteiger partial charge in [-0.15, -0.1) is 0 Å². The van der Waals surface area contributed by atoms with E-state index in [1.807, 2.05) is 6.07 Å². The Kier molecular flexibility index (Phi) is 13.7. The Hall–Kier alpha value is -1.28. The molecule has 1 atom stereocenters. The molecule has 1 saturated heterocycles. The highest BCUT2D eigenvalue weighted by atomic mass is 16.6. The summed E-state index contributed by atoms with van der Waals surface area (Å²) in [6.45, 7) is 3.83. The van der Waals surface area contributed by atoms with Crippen LogP contribution in [0, 0.1) is 0 Å². The van der Waals surface area contributed by atoms with Gasteiger partial charge in [-0.05, 0) is 56.2 Å². The lowest BCUT2D eigenvalue weighted by atomic mass is 10.1. The van der Waals surface area contributed by atoms with Gasteiger partial charge >= 0.3 is 0 Å². The quantitative estimate of drug-likeness (QED) is 0.133. The van der Waals surface area contributed by atoms with Gasteiger partial charge in [0.25, 0.3) is 0 Å². The summed E-state index contributed by atoms with van der Waals surface area (Å²) in [5.41, 5.74) is 1.39. The van der Waals surface area contributed by atoms with Crippen LogP contribution in [0.1, 0.15) is 102 Å². The van der Waals surface area contributed by atoms with Gasteiger partial charge in [-0.3, -0.25) is 0 Å². The number of hydrogen-bond donors (Lipinski definition) is 0. The van der Waals surface area contributed by atoms with Crippen LogP contribution in [0.3, 0.4) is 0 Å². The number of epoxide rings is 1. The van der Waals surface area contributed by atoms with E-state index in [0.717, 1.165) is 18.8 Å². The molecule has 1 aromatic rings. The maximum Gasteiger partial charge on any atom is 0.119 e. The molecule has 1 unspecified atom stereocenters. The zero-order chi connectivity index (χ0) is 20.4. The van der Waals surface area contributed by atoms with Crippen molar-refractivity contribution in [3.63, 3.8) is 0 Å². The Morgan fingerprint density at radius 3 is 2.14 bits per heavy atom. The predicted octanol–water partition coefficient (Wildman–Crippen LogP) is 8.04. The third-order valence-electron chi connectivity index (χ3n) is 5.71. The molecule has 0 saturated carbocycles. The van der Waals surface area contributed by atoms with E-state index in [0.29, 0.717) is 12.7 Å². The lowest BCUT2D eigenvalue weighted by molar-refractivity contribution is 0.263. The minimum atomic E-state index is 0.326. The average Bonchev–Trinajstić information content (AvgIpc) is 3.57. The maximum absolute atomic E-state index is 5.77. The molecule has 29 heavy (non-hydrogen) atoms. The monoisotopic (exact) mass is 400 g/mol. The summed E-state index contributed by atoms with van der Waals surface area (Å²) in [4.78, 5) is 0. The summed E-state index contributed by atoms with van der Waals surface area (Å²) in [7, 11) is 0. The topological polar surface area (TPSA) is 21.8 Å². The largest absolute Gasteiger partial charge is 0.491 e. The van der Waals surface area contributed by atoms with Crippen molar-refractivity contribution in [3.05, 3.63) is 42.0 Å². The van der Waals surface area contributed by atoms with Gasteiger partial charge in [0, 0.05) is 0 Å². The van der Waals surface area contributed by atoms with Crippen LogP contribution >= 0.6 is 0 Å². The molecule has 0 aromatic heterocycles. The highest BCUT2D eigenvalue weighted by Crippen LogP contribution is 2.18. The number of aryl methyl sites for hydroxylation is 1. The number of ether oxygens (including phenoxy) is 2. The molecule has 0 amide bonds. The fourth-order valence-electron chi connectivity index (χ4n) is 3.72. The van der Waals surface area contributed by atoms with Crippen molar-refractivity contribution < 1.29 is 9.47 Å². The van der Waals surface area contributed by atoms with E-state index in [1.165, 1.54) is 95.5 Å². The van der Waals surface area contributed by atoms with Crippen molar-refractivity contribution in [3.8, 4) is 5.75 Å². The van der Waals surface area contributed by atoms with Crippen molar-refractivity contribution in [2.75, 3.05) is 13.2 Å². The van der Waals surface area contributed by atoms with Crippen molar-refractivity contribution in [2.45, 2.75) is 109 Å². The minimum Gasteiger partial charge on any atom is -0.491 e. The number of hydrogen-bond acceptors (Lipinski definition) is 2. The zero-order valence-electron chi connectivity index (χ0n) is 18.9. The Morgan fingerprint density at radius 1 is 0.862 bits per heavy atom. The molecule has 0 aliphatic carbocycles. The Labute approximate surface area is 180 Å². The van der Waals surface area contributed by atoms with E-state index >= 15 is 0 Å². The molecule has 1 heterocycles. The summed E-state index contributed by atoms with van der Waals surface area (Å²) in [6, 6.07) is 8.55. The van der Waals surface area contributed by atoms with Gasteiger partial charge in [0.05, 0.1) is 6.61 Å². The SMILES string of the molecule is CCCCCCCCCCC/C=C/CCCCCc1cccc(OCC2CO2)c1. The van der Waals surface area contributed by atoms with Crippen LogP contribution in [0.2, 0.25) is 0 Å². The van der Waals surface area contributed by atoms with Gasteiger partial charge in [-0.2, -0.15) is 0 Å². The fourth-order valence-corrected chi connectivity index (χ4v) is 3.72. The molecule has 1 aliphatic rings. The third-order valence-corrected chi connectivity index (χ3v) is 5.71. The third kappa shape index (κ3) is 13.5. The van der Waals surface area contributed by atoms with Gasteiger partial charge in [-0.1, -0.05) is 89.0 Å². The first-order valence-electron chi connectivity index (χ1n) is 12.4. The molecule has 0 radical (unpaired) electrons. The van der Waals surface area contributed by atoms with Crippen molar-refractivity contribution in [1.82, 2.24) is 0 Å². The first-order chi connectivity index (χ1) is 14.4. The van der Waals surface area contributed by atoms with Crippen molar-refractivity contribution >= 4 is 0 Å². The summed E-state index contributed by atoms with van der Waals surface area (Å²) in [5.74, 6) is 0.984. The smallest absolute Gasteiger partial charge is 0.119 e. The molecule has 0 bridgehead atoms. The number of rotatable bonds is 19. The van der Waals surface area contributed by atoms with Crippen LogP contribution in [-0.4, -0.2) is 19.3 Å². The molecule has 1 aromatic carbocycles. The normalized spacial score (nSPS) is 15.8. The average molecular weight is 401 g/mol. The van der Waals surface area contributed by atoms with Crippen LogP contribution in [0.15, 0.2) is 36.4 Å². The molecule has 1 fully saturated rings. The maximum atomic E-state index is 5.77. The molecule has 164 valence electrons. The lowest BCUT2D eigenvalue weighted by Gasteiger charge is -2.06. The second-order valence-electron chi connectivity index (χ2n) is 8.60. The van der Waals surface area contributed by atoms with E-state index in [2.05, 4.69) is 37.3 Å². The van der Waals surface area contributed by atoms with Crippen LogP contribution < -0.4 is 4.74 Å². The molecule has 0 spiro atoms. The van der Waals surface area contributed by atoms with E-state index in [9.17, 15) is 0 Å². The van der Waals surface area contributed by atoms with Crippen LogP contribution in [0.4, 0.5) is 0 Å². The fraction of sp³-hybridized carbons (Fsp3) is 0.704. The first-order valence-corrected chi connectivity index (χ1v) is 12.4. The zero-order valence-corrected chi connectivity index (χ0v) is 18.9. The van der Waals surface area contributed by atoms with E-state index in [-0.39, 0.29) is 0 Å². The van der Waals surface area contributed by atoms with Gasteiger partial charge in [0.15, 0.2) is 0 Å². The molecule has 2 nitrogen and oxygen atoms in total. The molecular weight excluding hydrogens is 356 g/mol. The number of benzene rings is 1. The minimum absolute atomic E-state index is 0.326. The van der Waals surface area contributed by atoms with Gasteiger partial charge in [0.1, 0.15) is 18.5 Å². The molecule has 0 N–H and O–H groups in total. The highest BCUT2D eigenvalue weighted by molar-refractivity contribution is 5.28. The van der Waals surface area contributed by atoms with Crippen molar-refractivity contribution in [1.29, 1.82) is 0 Å². The lowest BCUT2D eigenvalue weighted by Crippen LogP contribution is -2.04. The van der Waals surface area contributed by atoms with Crippen molar-refractivity contribution in [2.24, 2.45) is 0 Å². The Bertz CT molecular complexity index is 533. The second-order valence-corrected chi connectivity index (χ2v) is 8.60. The van der Waals surface area contributed by atoms with E-state index in [4.69, 9.17) is 9.47 Å². The molecule has 2 heteroatoms. The predicted molar refractivity (Wildman–Crippen MR) is 125 cm³/mol. The van der Waals surface area contributed by atoms with Gasteiger partial charge < -0.3 is 9.47 Å². The Balaban J connectivity index is 1.36. The van der Waals surface area contributed by atoms with Crippen LogP contribution in [-0.2, 0) is 11.2 Å². The van der Waals surface area contributed by atoms with E-state index in [1.54, 1.807) is 0 Å². The summed E-state index contributed by atoms with van der Waals surface area (Å²) >= 11 is 0. The summed E-state index contributed by atoms with van der Waals surface area (Å²) in [5, 5.41) is 0. The number of allylic oxidation sites excluding steroid dienone is 2. The second kappa shape index (κ2) is 16.5. The van der Waals surface area contributed by atoms with Crippen LogP contribution in [0.25, 0.3) is 0 Å². The molecule has 1 aliphatic heterocycles. The molecule has 2 rings (SSSR count). The highest BCUT2D eigenvalue weighted by Gasteiger charge is 2.22. The van der Waals surface area contributed by atoms with E-state index < -0.39 is 0 Å². The number of unbranched alkanes of at least 4 members (excludes halogenated alkanes) is 12. The van der Waals surface area contributed by atoms with Gasteiger partial charge in [-0.25, -0.2) is 0 Å². The summed E-state index contributed by atoms with van der Waals surface area (Å²) in [6.07, 6.45) is 25.4. The van der Waals surface area contributed by atoms with Gasteiger partial charge in [0.2, 0.25) is 0 Å². The Morgan fingerprint density at radius 2 is 1.48 bits per heavy atom. The summed E-state index contributed by atoms with van der Waals surface area (Å²) < 4.78 is 11.0. The first kappa shape index (κ1) is 24.0.